The number of amides is 1. The van der Waals surface area contributed by atoms with E-state index in [9.17, 15) is 14.4 Å². The molecule has 2 aromatic heterocycles. The molecule has 0 spiro atoms. The maximum atomic E-state index is 12.9. The van der Waals surface area contributed by atoms with Gasteiger partial charge < -0.3 is 10.6 Å². The highest BCUT2D eigenvalue weighted by Crippen LogP contribution is 2.39. The molecule has 0 aromatic carbocycles. The Kier molecular flexibility index (Phi) is 5.98. The molecular weight excluding hydrogens is 358 g/mol. The third kappa shape index (κ3) is 4.32. The number of hydrogen-bond acceptors (Lipinski definition) is 5. The monoisotopic (exact) mass is 387 g/mol. The topological polar surface area (TPSA) is 109 Å². The molecule has 1 atom stereocenters. The van der Waals surface area contributed by atoms with E-state index in [1.807, 2.05) is 27.7 Å². The SMILES string of the molecule is CCN[C@H](C)CNC(=O)c1cc(C2CC2)nc2c1c(=O)[nH]c(=O)n2CC(C)C. The van der Waals surface area contributed by atoms with E-state index < -0.39 is 11.2 Å². The van der Waals surface area contributed by atoms with Crippen molar-refractivity contribution in [3.8, 4) is 0 Å². The summed E-state index contributed by atoms with van der Waals surface area (Å²) in [5, 5.41) is 6.31. The highest BCUT2D eigenvalue weighted by atomic mass is 16.2. The number of fused-ring (bicyclic) bond motifs is 1. The summed E-state index contributed by atoms with van der Waals surface area (Å²) in [4.78, 5) is 44.9. The number of rotatable bonds is 8. The van der Waals surface area contributed by atoms with E-state index in [4.69, 9.17) is 0 Å². The molecule has 0 radical (unpaired) electrons. The zero-order valence-electron chi connectivity index (χ0n) is 17.0. The number of aromatic nitrogens is 3. The second-order valence-electron chi connectivity index (χ2n) is 8.00. The lowest BCUT2D eigenvalue weighted by atomic mass is 10.1. The van der Waals surface area contributed by atoms with Gasteiger partial charge in [-0.3, -0.25) is 19.1 Å². The van der Waals surface area contributed by atoms with Crippen LogP contribution >= 0.6 is 0 Å². The van der Waals surface area contributed by atoms with Crippen molar-refractivity contribution in [3.63, 3.8) is 0 Å². The first-order valence-corrected chi connectivity index (χ1v) is 10.0. The summed E-state index contributed by atoms with van der Waals surface area (Å²) in [6.45, 7) is 9.64. The van der Waals surface area contributed by atoms with Gasteiger partial charge in [-0.2, -0.15) is 0 Å². The molecule has 3 N–H and O–H groups in total. The maximum Gasteiger partial charge on any atom is 0.330 e. The molecule has 8 heteroatoms. The Hall–Kier alpha value is -2.48. The van der Waals surface area contributed by atoms with E-state index in [0.29, 0.717) is 24.7 Å². The van der Waals surface area contributed by atoms with Crippen molar-refractivity contribution in [2.45, 2.75) is 59.0 Å². The molecule has 0 aliphatic heterocycles. The van der Waals surface area contributed by atoms with Crippen LogP contribution in [0.1, 0.15) is 62.5 Å². The lowest BCUT2D eigenvalue weighted by molar-refractivity contribution is 0.0951. The summed E-state index contributed by atoms with van der Waals surface area (Å²) in [6, 6.07) is 1.83. The van der Waals surface area contributed by atoms with Crippen LogP contribution in [-0.4, -0.2) is 39.6 Å². The van der Waals surface area contributed by atoms with Gasteiger partial charge >= 0.3 is 5.69 Å². The zero-order valence-corrected chi connectivity index (χ0v) is 17.0. The van der Waals surface area contributed by atoms with Crippen molar-refractivity contribution < 1.29 is 4.79 Å². The van der Waals surface area contributed by atoms with Gasteiger partial charge in [0.25, 0.3) is 11.5 Å². The Morgan fingerprint density at radius 1 is 1.32 bits per heavy atom. The summed E-state index contributed by atoms with van der Waals surface area (Å²) < 4.78 is 1.48. The maximum absolute atomic E-state index is 12.9. The van der Waals surface area contributed by atoms with Crippen molar-refractivity contribution in [3.05, 3.63) is 38.2 Å². The van der Waals surface area contributed by atoms with Crippen LogP contribution in [0.25, 0.3) is 11.0 Å². The second kappa shape index (κ2) is 8.26. The zero-order chi connectivity index (χ0) is 20.4. The van der Waals surface area contributed by atoms with Crippen molar-refractivity contribution >= 4 is 16.9 Å². The molecule has 0 bridgehead atoms. The molecule has 1 fully saturated rings. The first-order valence-electron chi connectivity index (χ1n) is 10.0. The third-order valence-corrected chi connectivity index (χ3v) is 4.88. The predicted octanol–water partition coefficient (Wildman–Crippen LogP) is 1.35. The number of carbonyl (C=O) groups excluding carboxylic acids is 1. The molecule has 1 aliphatic carbocycles. The van der Waals surface area contributed by atoms with Crippen LogP contribution in [0.2, 0.25) is 0 Å². The van der Waals surface area contributed by atoms with E-state index >= 15 is 0 Å². The molecule has 1 amide bonds. The largest absolute Gasteiger partial charge is 0.350 e. The normalized spacial score (nSPS) is 15.2. The number of pyridine rings is 1. The fourth-order valence-corrected chi connectivity index (χ4v) is 3.36. The summed E-state index contributed by atoms with van der Waals surface area (Å²) in [5.74, 6) is 0.161. The van der Waals surface area contributed by atoms with Gasteiger partial charge in [0, 0.05) is 30.7 Å². The van der Waals surface area contributed by atoms with Crippen LogP contribution in [0.5, 0.6) is 0 Å². The number of nitrogens with zero attached hydrogens (tertiary/aromatic N) is 2. The van der Waals surface area contributed by atoms with Crippen molar-refractivity contribution in [2.75, 3.05) is 13.1 Å². The minimum atomic E-state index is -0.570. The number of aromatic amines is 1. The van der Waals surface area contributed by atoms with Gasteiger partial charge in [-0.25, -0.2) is 9.78 Å². The third-order valence-electron chi connectivity index (χ3n) is 4.88. The minimum absolute atomic E-state index is 0.113. The van der Waals surface area contributed by atoms with Crippen LogP contribution < -0.4 is 21.9 Å². The molecule has 3 rings (SSSR count). The van der Waals surface area contributed by atoms with E-state index in [-0.39, 0.29) is 28.8 Å². The second-order valence-corrected chi connectivity index (χ2v) is 8.00. The molecule has 152 valence electrons. The van der Waals surface area contributed by atoms with Crippen LogP contribution in [0.3, 0.4) is 0 Å². The summed E-state index contributed by atoms with van der Waals surface area (Å²) in [6.07, 6.45) is 2.02. The highest BCUT2D eigenvalue weighted by Gasteiger charge is 2.28. The van der Waals surface area contributed by atoms with Gasteiger partial charge in [-0.1, -0.05) is 20.8 Å². The van der Waals surface area contributed by atoms with Gasteiger partial charge in [0.05, 0.1) is 10.9 Å². The fraction of sp³-hybridized carbons (Fsp3) is 0.600. The average molecular weight is 387 g/mol. The van der Waals surface area contributed by atoms with Crippen molar-refractivity contribution in [1.29, 1.82) is 0 Å². The van der Waals surface area contributed by atoms with Crippen LogP contribution in [-0.2, 0) is 6.54 Å². The fourth-order valence-electron chi connectivity index (χ4n) is 3.36. The van der Waals surface area contributed by atoms with Crippen molar-refractivity contribution in [2.24, 2.45) is 5.92 Å². The Balaban J connectivity index is 2.11. The summed E-state index contributed by atoms with van der Waals surface area (Å²) in [5.41, 5.74) is 0.310. The summed E-state index contributed by atoms with van der Waals surface area (Å²) >= 11 is 0. The quantitative estimate of drug-likeness (QED) is 0.633. The van der Waals surface area contributed by atoms with Crippen LogP contribution in [0, 0.1) is 5.92 Å². The average Bonchev–Trinajstić information content (AvgIpc) is 3.47. The number of H-pyrrole nitrogens is 1. The smallest absolute Gasteiger partial charge is 0.330 e. The molecule has 0 unspecified atom stereocenters. The first-order chi connectivity index (χ1) is 13.3. The molecule has 2 aromatic rings. The van der Waals surface area contributed by atoms with Crippen LogP contribution in [0.4, 0.5) is 0 Å². The molecular formula is C20H29N5O3. The summed E-state index contributed by atoms with van der Waals surface area (Å²) in [7, 11) is 0. The highest BCUT2D eigenvalue weighted by molar-refractivity contribution is 6.05. The minimum Gasteiger partial charge on any atom is -0.350 e. The first kappa shape index (κ1) is 20.3. The molecule has 0 saturated heterocycles. The van der Waals surface area contributed by atoms with E-state index in [1.54, 1.807) is 6.07 Å². The number of carbonyl (C=O) groups is 1. The number of likely N-dealkylation sites (N-methyl/N-ethyl adjacent to an activating group) is 1. The molecule has 8 nitrogen and oxygen atoms in total. The Morgan fingerprint density at radius 3 is 2.64 bits per heavy atom. The Bertz CT molecular complexity index is 988. The molecule has 1 aliphatic rings. The van der Waals surface area contributed by atoms with Gasteiger partial charge in [-0.05, 0) is 38.3 Å². The lowest BCUT2D eigenvalue weighted by Crippen LogP contribution is -2.39. The number of nitrogens with one attached hydrogen (secondary N) is 3. The Morgan fingerprint density at radius 2 is 2.04 bits per heavy atom. The molecule has 28 heavy (non-hydrogen) atoms. The van der Waals surface area contributed by atoms with E-state index in [1.165, 1.54) is 4.57 Å². The van der Waals surface area contributed by atoms with Gasteiger partial charge in [0.15, 0.2) is 5.65 Å². The predicted molar refractivity (Wildman–Crippen MR) is 109 cm³/mol. The Labute approximate surface area is 163 Å². The van der Waals surface area contributed by atoms with Gasteiger partial charge in [0.1, 0.15) is 0 Å². The molecule has 1 saturated carbocycles. The van der Waals surface area contributed by atoms with Crippen LogP contribution in [0.15, 0.2) is 15.7 Å². The van der Waals surface area contributed by atoms with Crippen molar-refractivity contribution in [1.82, 2.24) is 25.2 Å². The van der Waals surface area contributed by atoms with Gasteiger partial charge in [0.2, 0.25) is 0 Å². The number of hydrogen-bond donors (Lipinski definition) is 3. The van der Waals surface area contributed by atoms with E-state index in [2.05, 4.69) is 20.6 Å². The lowest BCUT2D eigenvalue weighted by Gasteiger charge is -2.16. The standard InChI is InChI=1S/C20H29N5O3/c1-5-21-12(4)9-22-18(26)14-8-15(13-6-7-13)23-17-16(14)19(27)24-20(28)25(17)10-11(2)3/h8,11-13,21H,5-7,9-10H2,1-4H3,(H,22,26)(H,24,27,28)/t12-/m1/s1. The van der Waals surface area contributed by atoms with Gasteiger partial charge in [-0.15, -0.1) is 0 Å². The molecule has 2 heterocycles. The van der Waals surface area contributed by atoms with E-state index in [0.717, 1.165) is 25.1 Å².